The summed E-state index contributed by atoms with van der Waals surface area (Å²) in [6, 6.07) is 19.5. The molecule has 2 aromatic rings. The monoisotopic (exact) mass is 366 g/mol. The summed E-state index contributed by atoms with van der Waals surface area (Å²) in [5.41, 5.74) is 4.08. The van der Waals surface area contributed by atoms with Gasteiger partial charge in [0.25, 0.3) is 0 Å². The summed E-state index contributed by atoms with van der Waals surface area (Å²) in [5.74, 6) is 6.58. The Morgan fingerprint density at radius 3 is 2.42 bits per heavy atom. The Labute approximate surface area is 157 Å². The van der Waals surface area contributed by atoms with Crippen LogP contribution >= 0.6 is 0 Å². The molecule has 3 rings (SSSR count). The number of rotatable bonds is 7. The van der Waals surface area contributed by atoms with E-state index in [4.69, 9.17) is 15.7 Å². The average Bonchev–Trinajstić information content (AvgIpc) is 2.90. The van der Waals surface area contributed by atoms with Crippen molar-refractivity contribution in [2.45, 2.75) is 25.7 Å². The van der Waals surface area contributed by atoms with Crippen LogP contribution < -0.4 is 10.5 Å². The lowest BCUT2D eigenvalue weighted by Crippen LogP contribution is -2.51. The summed E-state index contributed by atoms with van der Waals surface area (Å²) in [6.45, 7) is 8.13. The zero-order chi connectivity index (χ0) is 18.6. The van der Waals surface area contributed by atoms with Crippen LogP contribution in [0.5, 0.6) is 0 Å². The minimum absolute atomic E-state index is 0.0453. The maximum Gasteiger partial charge on any atom is 0.230 e. The van der Waals surface area contributed by atoms with Gasteiger partial charge in [-0.15, -0.1) is 5.84 Å². The predicted molar refractivity (Wildman–Crippen MR) is 113 cm³/mol. The molecule has 2 aromatic carbocycles. The molecule has 0 spiro atoms. The fraction of sp³-hybridized carbons (Fsp3) is 0.286. The van der Waals surface area contributed by atoms with E-state index >= 15 is 0 Å². The molecule has 2 N–H and O–H groups in total. The van der Waals surface area contributed by atoms with E-state index in [1.165, 1.54) is 0 Å². The Morgan fingerprint density at radius 2 is 1.69 bits per heavy atom. The number of benzene rings is 2. The molecule has 0 saturated heterocycles. The van der Waals surface area contributed by atoms with Gasteiger partial charge in [-0.1, -0.05) is 78.0 Å². The number of ether oxygens (including phenoxy) is 1. The molecule has 1 heterocycles. The third-order valence-corrected chi connectivity index (χ3v) is 6.11. The Bertz CT molecular complexity index is 812. The van der Waals surface area contributed by atoms with Crippen molar-refractivity contribution in [3.8, 4) is 0 Å². The van der Waals surface area contributed by atoms with Crippen LogP contribution in [0.1, 0.15) is 11.1 Å². The lowest BCUT2D eigenvalue weighted by atomic mass is 10.1. The van der Waals surface area contributed by atoms with Crippen molar-refractivity contribution in [2.75, 3.05) is 13.3 Å². The summed E-state index contributed by atoms with van der Waals surface area (Å²) >= 11 is 0. The van der Waals surface area contributed by atoms with Crippen molar-refractivity contribution in [1.82, 2.24) is 4.70 Å². The third kappa shape index (κ3) is 4.56. The van der Waals surface area contributed by atoms with Crippen LogP contribution in [-0.2, 0) is 4.74 Å². The zero-order valence-corrected chi connectivity index (χ0v) is 16.9. The Kier molecular flexibility index (Phi) is 5.53. The van der Waals surface area contributed by atoms with E-state index in [-0.39, 0.29) is 4.70 Å². The molecule has 0 bridgehead atoms. The van der Waals surface area contributed by atoms with Gasteiger partial charge in [0, 0.05) is 14.1 Å². The van der Waals surface area contributed by atoms with Gasteiger partial charge in [-0.25, -0.2) is 0 Å². The lowest BCUT2D eigenvalue weighted by Gasteiger charge is -2.23. The Hall–Kier alpha value is -2.05. The molecule has 4 nitrogen and oxygen atoms in total. The van der Waals surface area contributed by atoms with Crippen LogP contribution in [0.3, 0.4) is 0 Å². The normalized spacial score (nSPS) is 19.6. The van der Waals surface area contributed by atoms with Crippen molar-refractivity contribution in [2.24, 2.45) is 10.9 Å². The lowest BCUT2D eigenvalue weighted by molar-refractivity contribution is 0.0419. The summed E-state index contributed by atoms with van der Waals surface area (Å²) in [7, 11) is -1.11. The molecule has 0 aromatic heterocycles. The smallest absolute Gasteiger partial charge is 0.230 e. The Morgan fingerprint density at radius 1 is 1.00 bits per heavy atom. The van der Waals surface area contributed by atoms with Gasteiger partial charge in [0.2, 0.25) is 6.73 Å². The second kappa shape index (κ2) is 7.68. The molecular weight excluding hydrogens is 338 g/mol. The van der Waals surface area contributed by atoms with E-state index < -0.39 is 8.07 Å². The SMILES string of the molecule is C[Si](C)(C)CCOC[N+]1(N)N=C(C=Cc2ccccc2)c2ccccc21. The van der Waals surface area contributed by atoms with Crippen molar-refractivity contribution in [3.63, 3.8) is 0 Å². The van der Waals surface area contributed by atoms with Crippen LogP contribution in [0, 0.1) is 0 Å². The maximum atomic E-state index is 6.58. The van der Waals surface area contributed by atoms with Gasteiger partial charge in [-0.05, 0) is 23.7 Å². The first-order valence-corrected chi connectivity index (χ1v) is 12.8. The molecule has 0 saturated carbocycles. The van der Waals surface area contributed by atoms with Crippen molar-refractivity contribution in [3.05, 3.63) is 71.8 Å². The van der Waals surface area contributed by atoms with Gasteiger partial charge in [0.15, 0.2) is 5.69 Å². The third-order valence-electron chi connectivity index (χ3n) is 4.40. The number of para-hydroxylation sites is 1. The highest BCUT2D eigenvalue weighted by Crippen LogP contribution is 2.32. The molecule has 1 atom stereocenters. The van der Waals surface area contributed by atoms with E-state index in [0.717, 1.165) is 35.2 Å². The maximum absolute atomic E-state index is 6.58. The highest BCUT2D eigenvalue weighted by molar-refractivity contribution is 6.76. The Balaban J connectivity index is 1.77. The van der Waals surface area contributed by atoms with Gasteiger partial charge < -0.3 is 4.74 Å². The summed E-state index contributed by atoms with van der Waals surface area (Å²) in [6.07, 6.45) is 4.10. The number of allylic oxidation sites excluding steroid dienone is 1. The molecule has 0 fully saturated rings. The predicted octanol–water partition coefficient (Wildman–Crippen LogP) is 4.61. The van der Waals surface area contributed by atoms with Gasteiger partial charge in [0.1, 0.15) is 5.71 Å². The van der Waals surface area contributed by atoms with Crippen LogP contribution in [0.15, 0.2) is 65.8 Å². The van der Waals surface area contributed by atoms with Crippen molar-refractivity contribution < 1.29 is 4.74 Å². The van der Waals surface area contributed by atoms with E-state index in [9.17, 15) is 0 Å². The number of nitrogens with zero attached hydrogens (tertiary/aromatic N) is 2. The first-order valence-electron chi connectivity index (χ1n) is 9.05. The summed E-state index contributed by atoms with van der Waals surface area (Å²) < 4.78 is 5.87. The van der Waals surface area contributed by atoms with Gasteiger partial charge in [0.05, 0.1) is 12.2 Å². The number of fused-ring (bicyclic) bond motifs is 1. The second-order valence-corrected chi connectivity index (χ2v) is 13.5. The molecule has 0 radical (unpaired) electrons. The summed E-state index contributed by atoms with van der Waals surface area (Å²) in [4.78, 5) is 0. The molecule has 5 heteroatoms. The molecule has 26 heavy (non-hydrogen) atoms. The topological polar surface area (TPSA) is 47.6 Å². The minimum Gasteiger partial charge on any atom is -0.328 e. The van der Waals surface area contributed by atoms with E-state index in [1.54, 1.807) is 0 Å². The number of hydrogen-bond donors (Lipinski definition) is 1. The number of hydrogen-bond acceptors (Lipinski definition) is 3. The van der Waals surface area contributed by atoms with E-state index in [2.05, 4.69) is 43.9 Å². The van der Waals surface area contributed by atoms with Crippen LogP contribution in [0.25, 0.3) is 6.08 Å². The van der Waals surface area contributed by atoms with Crippen LogP contribution in [0.2, 0.25) is 25.7 Å². The summed E-state index contributed by atoms with van der Waals surface area (Å²) in [5, 5.41) is 4.77. The first-order chi connectivity index (χ1) is 12.4. The fourth-order valence-electron chi connectivity index (χ4n) is 2.87. The molecule has 1 unspecified atom stereocenters. The van der Waals surface area contributed by atoms with Gasteiger partial charge >= 0.3 is 0 Å². The van der Waals surface area contributed by atoms with Gasteiger partial charge in [-0.3, -0.25) is 0 Å². The molecule has 0 aliphatic carbocycles. The standard InChI is InChI=1S/C21H28N3OSi/c1-26(2,3)16-15-25-17-24(22)21-12-8-7-11-19(21)20(23-24)14-13-18-9-5-4-6-10-18/h4-14H,15-17,22H2,1-3H3/q+1. The fourth-order valence-corrected chi connectivity index (χ4v) is 3.63. The van der Waals surface area contributed by atoms with Gasteiger partial charge in [-0.2, -0.15) is 0 Å². The molecule has 1 aliphatic rings. The highest BCUT2D eigenvalue weighted by atomic mass is 28.3. The van der Waals surface area contributed by atoms with Crippen molar-refractivity contribution >= 4 is 25.5 Å². The molecule has 1 aliphatic heterocycles. The zero-order valence-electron chi connectivity index (χ0n) is 15.9. The quantitative estimate of drug-likeness (QED) is 0.337. The average molecular weight is 367 g/mol. The van der Waals surface area contributed by atoms with Crippen LogP contribution in [0.4, 0.5) is 5.69 Å². The van der Waals surface area contributed by atoms with E-state index in [1.807, 2.05) is 42.5 Å². The van der Waals surface area contributed by atoms with Crippen LogP contribution in [-0.4, -0.2) is 27.1 Å². The number of nitrogens with two attached hydrogens (primary N) is 1. The first kappa shape index (κ1) is 18.7. The minimum atomic E-state index is -1.11. The second-order valence-electron chi connectivity index (χ2n) is 7.92. The number of quaternary nitrogens is 1. The molecular formula is C21H28N3OSi+. The molecule has 136 valence electrons. The molecule has 0 amide bonds. The highest BCUT2D eigenvalue weighted by Gasteiger charge is 2.38. The van der Waals surface area contributed by atoms with Crippen molar-refractivity contribution in [1.29, 1.82) is 0 Å². The largest absolute Gasteiger partial charge is 0.328 e. The van der Waals surface area contributed by atoms with E-state index in [0.29, 0.717) is 6.73 Å².